The molecule has 5 heteroatoms. The maximum Gasteiger partial charge on any atom is 0.321 e. The fraction of sp³-hybridized carbons (Fsp3) is 0.429. The molecule has 1 rings (SSSR count). The zero-order valence-corrected chi connectivity index (χ0v) is 6.60. The molecule has 0 saturated carbocycles. The average molecular weight is 170 g/mol. The fourth-order valence-corrected chi connectivity index (χ4v) is 0.841. The van der Waals surface area contributed by atoms with Crippen LogP contribution in [-0.2, 0) is 4.79 Å². The lowest BCUT2D eigenvalue weighted by atomic mass is 10.0. The molecule has 0 spiro atoms. The molecule has 66 valence electrons. The van der Waals surface area contributed by atoms with Crippen molar-refractivity contribution in [3.8, 4) is 0 Å². The Morgan fingerprint density at radius 1 is 1.83 bits per heavy atom. The second-order valence-corrected chi connectivity index (χ2v) is 2.56. The summed E-state index contributed by atoms with van der Waals surface area (Å²) in [6, 6.07) is -0.946. The van der Waals surface area contributed by atoms with Crippen LogP contribution in [0.5, 0.6) is 0 Å². The van der Waals surface area contributed by atoms with E-state index in [1.165, 1.54) is 12.6 Å². The standard InChI is InChI=1S/C7H10N2O3/c1-4(6(8)7(10)11)5-2-9-3-12-5/h2-4,6H,8H2,1H3,(H,10,11)/t4?,6-/m0/s1. The van der Waals surface area contributed by atoms with Crippen LogP contribution in [0.2, 0.25) is 0 Å². The van der Waals surface area contributed by atoms with Crippen molar-refractivity contribution < 1.29 is 14.3 Å². The topological polar surface area (TPSA) is 89.4 Å². The minimum Gasteiger partial charge on any atom is -0.480 e. The molecule has 1 aromatic rings. The number of aliphatic carboxylic acids is 1. The Morgan fingerprint density at radius 2 is 2.50 bits per heavy atom. The highest BCUT2D eigenvalue weighted by atomic mass is 16.4. The zero-order valence-electron chi connectivity index (χ0n) is 6.60. The summed E-state index contributed by atoms with van der Waals surface area (Å²) < 4.78 is 4.91. The van der Waals surface area contributed by atoms with Crippen molar-refractivity contribution in [1.82, 2.24) is 4.98 Å². The molecular weight excluding hydrogens is 160 g/mol. The normalized spacial score (nSPS) is 15.5. The number of aromatic nitrogens is 1. The monoisotopic (exact) mass is 170 g/mol. The fourth-order valence-electron chi connectivity index (χ4n) is 0.841. The Kier molecular flexibility index (Phi) is 2.44. The van der Waals surface area contributed by atoms with E-state index in [1.807, 2.05) is 0 Å². The highest BCUT2D eigenvalue weighted by Crippen LogP contribution is 2.16. The Bertz CT molecular complexity index is 258. The number of rotatable bonds is 3. The highest BCUT2D eigenvalue weighted by Gasteiger charge is 2.23. The molecule has 1 aromatic heterocycles. The van der Waals surface area contributed by atoms with Crippen LogP contribution in [0.1, 0.15) is 18.6 Å². The third-order valence-electron chi connectivity index (χ3n) is 1.72. The van der Waals surface area contributed by atoms with Crippen molar-refractivity contribution in [2.24, 2.45) is 5.73 Å². The van der Waals surface area contributed by atoms with Crippen LogP contribution in [0.15, 0.2) is 17.0 Å². The van der Waals surface area contributed by atoms with Gasteiger partial charge >= 0.3 is 5.97 Å². The van der Waals surface area contributed by atoms with E-state index in [2.05, 4.69) is 4.98 Å². The lowest BCUT2D eigenvalue weighted by Gasteiger charge is -2.11. The molecule has 0 radical (unpaired) electrons. The van der Waals surface area contributed by atoms with Gasteiger partial charge in [0.2, 0.25) is 0 Å². The Hall–Kier alpha value is -1.36. The van der Waals surface area contributed by atoms with Gasteiger partial charge in [0.05, 0.1) is 6.20 Å². The molecule has 0 bridgehead atoms. The van der Waals surface area contributed by atoms with Crippen LogP contribution in [0.4, 0.5) is 0 Å². The quantitative estimate of drug-likeness (QED) is 0.675. The van der Waals surface area contributed by atoms with E-state index < -0.39 is 12.0 Å². The first-order chi connectivity index (χ1) is 5.63. The summed E-state index contributed by atoms with van der Waals surface area (Å²) in [5, 5.41) is 8.56. The van der Waals surface area contributed by atoms with Crippen LogP contribution in [0.3, 0.4) is 0 Å². The van der Waals surface area contributed by atoms with Gasteiger partial charge in [0.1, 0.15) is 11.8 Å². The summed E-state index contributed by atoms with van der Waals surface area (Å²) in [5.74, 6) is -0.909. The summed E-state index contributed by atoms with van der Waals surface area (Å²) in [5.41, 5.74) is 5.36. The maximum absolute atomic E-state index is 10.4. The first-order valence-electron chi connectivity index (χ1n) is 3.49. The number of nitrogens with zero attached hydrogens (tertiary/aromatic N) is 1. The molecule has 0 aromatic carbocycles. The minimum atomic E-state index is -1.04. The summed E-state index contributed by atoms with van der Waals surface area (Å²) >= 11 is 0. The minimum absolute atomic E-state index is 0.356. The molecule has 3 N–H and O–H groups in total. The molecule has 12 heavy (non-hydrogen) atoms. The highest BCUT2D eigenvalue weighted by molar-refractivity contribution is 5.74. The third-order valence-corrected chi connectivity index (χ3v) is 1.72. The summed E-state index contributed by atoms with van der Waals surface area (Å²) in [4.78, 5) is 14.1. The van der Waals surface area contributed by atoms with Gasteiger partial charge in [0.15, 0.2) is 6.39 Å². The third kappa shape index (κ3) is 1.62. The van der Waals surface area contributed by atoms with Gasteiger partial charge in [-0.25, -0.2) is 4.98 Å². The van der Waals surface area contributed by atoms with Gasteiger partial charge in [-0.05, 0) is 0 Å². The SMILES string of the molecule is CC(c1cnco1)[C@H](N)C(=O)O. The number of hydrogen-bond donors (Lipinski definition) is 2. The molecule has 0 aliphatic carbocycles. The number of carbonyl (C=O) groups is 1. The summed E-state index contributed by atoms with van der Waals surface area (Å²) in [6.45, 7) is 1.68. The van der Waals surface area contributed by atoms with Crippen molar-refractivity contribution >= 4 is 5.97 Å². The lowest BCUT2D eigenvalue weighted by molar-refractivity contribution is -0.139. The molecule has 0 saturated heterocycles. The van der Waals surface area contributed by atoms with E-state index in [9.17, 15) is 4.79 Å². The van der Waals surface area contributed by atoms with Gasteiger partial charge in [-0.1, -0.05) is 6.92 Å². The van der Waals surface area contributed by atoms with Crippen LogP contribution in [0.25, 0.3) is 0 Å². The van der Waals surface area contributed by atoms with E-state index in [1.54, 1.807) is 6.92 Å². The van der Waals surface area contributed by atoms with Gasteiger partial charge in [-0.3, -0.25) is 4.79 Å². The van der Waals surface area contributed by atoms with Crippen LogP contribution < -0.4 is 5.73 Å². The Balaban J connectivity index is 2.71. The molecular formula is C7H10N2O3. The van der Waals surface area contributed by atoms with Crippen molar-refractivity contribution in [2.75, 3.05) is 0 Å². The maximum atomic E-state index is 10.4. The van der Waals surface area contributed by atoms with Crippen molar-refractivity contribution in [1.29, 1.82) is 0 Å². The number of nitrogens with two attached hydrogens (primary N) is 1. The molecule has 5 nitrogen and oxygen atoms in total. The van der Waals surface area contributed by atoms with Gasteiger partial charge in [-0.15, -0.1) is 0 Å². The molecule has 1 unspecified atom stereocenters. The number of hydrogen-bond acceptors (Lipinski definition) is 4. The average Bonchev–Trinajstić information content (AvgIpc) is 2.53. The molecule has 0 fully saturated rings. The number of oxazole rings is 1. The van der Waals surface area contributed by atoms with Gasteiger partial charge in [0, 0.05) is 5.92 Å². The van der Waals surface area contributed by atoms with Crippen molar-refractivity contribution in [3.05, 3.63) is 18.4 Å². The molecule has 0 amide bonds. The van der Waals surface area contributed by atoms with Gasteiger partial charge in [-0.2, -0.15) is 0 Å². The van der Waals surface area contributed by atoms with Gasteiger partial charge in [0.25, 0.3) is 0 Å². The van der Waals surface area contributed by atoms with E-state index in [4.69, 9.17) is 15.3 Å². The van der Waals surface area contributed by atoms with Crippen LogP contribution in [-0.4, -0.2) is 22.1 Å². The number of carboxylic acid groups (broad SMARTS) is 1. The lowest BCUT2D eigenvalue weighted by Crippen LogP contribution is -2.35. The first kappa shape index (κ1) is 8.73. The molecule has 0 aliphatic heterocycles. The van der Waals surface area contributed by atoms with Crippen LogP contribution >= 0.6 is 0 Å². The Labute approximate surface area is 69.2 Å². The van der Waals surface area contributed by atoms with E-state index >= 15 is 0 Å². The summed E-state index contributed by atoms with van der Waals surface area (Å²) in [7, 11) is 0. The largest absolute Gasteiger partial charge is 0.480 e. The predicted octanol–water partition coefficient (Wildman–Crippen LogP) is 0.190. The number of carboxylic acids is 1. The summed E-state index contributed by atoms with van der Waals surface area (Å²) in [6.07, 6.45) is 2.72. The zero-order chi connectivity index (χ0) is 9.14. The van der Waals surface area contributed by atoms with Crippen LogP contribution in [0, 0.1) is 0 Å². The smallest absolute Gasteiger partial charge is 0.321 e. The first-order valence-corrected chi connectivity index (χ1v) is 3.49. The second-order valence-electron chi connectivity index (χ2n) is 2.56. The van der Waals surface area contributed by atoms with E-state index in [-0.39, 0.29) is 5.92 Å². The molecule has 2 atom stereocenters. The Morgan fingerprint density at radius 3 is 2.92 bits per heavy atom. The molecule has 1 heterocycles. The van der Waals surface area contributed by atoms with Crippen molar-refractivity contribution in [3.63, 3.8) is 0 Å². The van der Waals surface area contributed by atoms with E-state index in [0.717, 1.165) is 0 Å². The van der Waals surface area contributed by atoms with Gasteiger partial charge < -0.3 is 15.3 Å². The molecule has 0 aliphatic rings. The van der Waals surface area contributed by atoms with E-state index in [0.29, 0.717) is 5.76 Å². The second kappa shape index (κ2) is 3.36. The van der Waals surface area contributed by atoms with Crippen molar-refractivity contribution in [2.45, 2.75) is 18.9 Å². The predicted molar refractivity (Wildman–Crippen MR) is 40.5 cm³/mol.